The minimum Gasteiger partial charge on any atom is -0.351 e. The number of hydrogen-bond donors (Lipinski definition) is 2. The quantitative estimate of drug-likeness (QED) is 0.883. The Morgan fingerprint density at radius 1 is 1.39 bits per heavy atom. The molecule has 3 N–H and O–H groups in total. The summed E-state index contributed by atoms with van der Waals surface area (Å²) < 4.78 is 0. The second-order valence-electron chi connectivity index (χ2n) is 4.99. The number of carbonyl (C=O) groups excluding carboxylic acids is 1. The minimum absolute atomic E-state index is 0.0686. The normalized spacial score (nSPS) is 24.8. The van der Waals surface area contributed by atoms with E-state index in [0.29, 0.717) is 5.92 Å². The number of amides is 1. The maximum absolute atomic E-state index is 11.7. The fourth-order valence-electron chi connectivity index (χ4n) is 2.56. The van der Waals surface area contributed by atoms with Crippen molar-refractivity contribution in [2.45, 2.75) is 44.2 Å². The van der Waals surface area contributed by atoms with Crippen LogP contribution in [-0.4, -0.2) is 18.0 Å². The van der Waals surface area contributed by atoms with Crippen LogP contribution in [0.15, 0.2) is 24.3 Å². The standard InChI is InChI=1S/C14H19ClN2O/c1-9(16)14(18)17-13-4-2-3-12(13)10-5-7-11(15)8-6-10/h5-9,12-13H,2-4,16H2,1H3,(H,17,18)/t9?,12-,13+/m1/s1. The van der Waals surface area contributed by atoms with Crippen molar-refractivity contribution in [2.24, 2.45) is 5.73 Å². The third-order valence-corrected chi connectivity index (χ3v) is 3.81. The fraction of sp³-hybridized carbons (Fsp3) is 0.500. The summed E-state index contributed by atoms with van der Waals surface area (Å²) in [6, 6.07) is 7.65. The molecule has 1 aromatic rings. The number of halogens is 1. The van der Waals surface area contributed by atoms with Crippen molar-refractivity contribution in [3.8, 4) is 0 Å². The van der Waals surface area contributed by atoms with E-state index in [1.54, 1.807) is 6.92 Å². The largest absolute Gasteiger partial charge is 0.351 e. The van der Waals surface area contributed by atoms with Crippen LogP contribution in [0.5, 0.6) is 0 Å². The molecule has 1 unspecified atom stereocenters. The van der Waals surface area contributed by atoms with Crippen LogP contribution < -0.4 is 11.1 Å². The molecule has 1 fully saturated rings. The Kier molecular flexibility index (Phi) is 4.25. The predicted molar refractivity (Wildman–Crippen MR) is 73.6 cm³/mol. The number of benzene rings is 1. The Hall–Kier alpha value is -1.06. The zero-order valence-corrected chi connectivity index (χ0v) is 11.3. The molecule has 0 aromatic heterocycles. The van der Waals surface area contributed by atoms with E-state index in [4.69, 9.17) is 17.3 Å². The molecule has 0 spiro atoms. The summed E-state index contributed by atoms with van der Waals surface area (Å²) in [6.45, 7) is 1.71. The number of carbonyl (C=O) groups is 1. The van der Waals surface area contributed by atoms with Crippen LogP contribution in [0.1, 0.15) is 37.7 Å². The van der Waals surface area contributed by atoms with Gasteiger partial charge in [0.15, 0.2) is 0 Å². The lowest BCUT2D eigenvalue weighted by atomic mass is 9.94. The summed E-state index contributed by atoms with van der Waals surface area (Å²) in [5, 5.41) is 3.79. The molecular weight excluding hydrogens is 248 g/mol. The molecule has 3 atom stereocenters. The third kappa shape index (κ3) is 3.03. The average molecular weight is 267 g/mol. The van der Waals surface area contributed by atoms with E-state index in [9.17, 15) is 4.79 Å². The molecule has 1 amide bonds. The molecule has 98 valence electrons. The summed E-state index contributed by atoms with van der Waals surface area (Å²) in [7, 11) is 0. The summed E-state index contributed by atoms with van der Waals surface area (Å²) >= 11 is 5.89. The Morgan fingerprint density at radius 3 is 2.67 bits per heavy atom. The summed E-state index contributed by atoms with van der Waals surface area (Å²) in [5.41, 5.74) is 6.83. The molecule has 18 heavy (non-hydrogen) atoms. The number of rotatable bonds is 3. The van der Waals surface area contributed by atoms with Crippen molar-refractivity contribution in [1.29, 1.82) is 0 Å². The van der Waals surface area contributed by atoms with Crippen LogP contribution in [-0.2, 0) is 4.79 Å². The Balaban J connectivity index is 2.07. The maximum atomic E-state index is 11.7. The monoisotopic (exact) mass is 266 g/mol. The molecule has 0 bridgehead atoms. The average Bonchev–Trinajstić information content (AvgIpc) is 2.78. The lowest BCUT2D eigenvalue weighted by Crippen LogP contribution is -2.44. The Bertz CT molecular complexity index is 416. The van der Waals surface area contributed by atoms with Gasteiger partial charge in [-0.05, 0) is 37.5 Å². The number of nitrogens with one attached hydrogen (secondary N) is 1. The van der Waals surface area contributed by atoms with Crippen LogP contribution in [0.2, 0.25) is 5.02 Å². The van der Waals surface area contributed by atoms with Gasteiger partial charge in [-0.2, -0.15) is 0 Å². The highest BCUT2D eigenvalue weighted by Gasteiger charge is 2.30. The molecule has 0 saturated heterocycles. The van der Waals surface area contributed by atoms with E-state index in [-0.39, 0.29) is 11.9 Å². The van der Waals surface area contributed by atoms with E-state index in [1.165, 1.54) is 5.56 Å². The van der Waals surface area contributed by atoms with Crippen molar-refractivity contribution in [2.75, 3.05) is 0 Å². The smallest absolute Gasteiger partial charge is 0.236 e. The zero-order valence-electron chi connectivity index (χ0n) is 10.5. The number of nitrogens with two attached hydrogens (primary N) is 1. The highest BCUT2D eigenvalue weighted by Crippen LogP contribution is 2.35. The van der Waals surface area contributed by atoms with Crippen LogP contribution >= 0.6 is 11.6 Å². The lowest BCUT2D eigenvalue weighted by molar-refractivity contribution is -0.122. The van der Waals surface area contributed by atoms with Crippen molar-refractivity contribution < 1.29 is 4.79 Å². The summed E-state index contributed by atoms with van der Waals surface area (Å²) in [6.07, 6.45) is 3.26. The molecule has 0 radical (unpaired) electrons. The molecular formula is C14H19ClN2O. The van der Waals surface area contributed by atoms with Crippen molar-refractivity contribution in [3.63, 3.8) is 0 Å². The Labute approximate surface area is 113 Å². The van der Waals surface area contributed by atoms with Gasteiger partial charge in [0.05, 0.1) is 6.04 Å². The zero-order chi connectivity index (χ0) is 13.1. The van der Waals surface area contributed by atoms with E-state index < -0.39 is 6.04 Å². The van der Waals surface area contributed by atoms with E-state index in [0.717, 1.165) is 24.3 Å². The van der Waals surface area contributed by atoms with Gasteiger partial charge in [0.25, 0.3) is 0 Å². The lowest BCUT2D eigenvalue weighted by Gasteiger charge is -2.22. The highest BCUT2D eigenvalue weighted by atomic mass is 35.5. The first-order valence-electron chi connectivity index (χ1n) is 6.39. The van der Waals surface area contributed by atoms with Crippen LogP contribution in [0, 0.1) is 0 Å². The minimum atomic E-state index is -0.448. The van der Waals surface area contributed by atoms with Crippen molar-refractivity contribution in [3.05, 3.63) is 34.9 Å². The molecule has 1 aliphatic rings. The second-order valence-corrected chi connectivity index (χ2v) is 5.43. The van der Waals surface area contributed by atoms with Crippen LogP contribution in [0.4, 0.5) is 0 Å². The molecule has 3 nitrogen and oxygen atoms in total. The van der Waals surface area contributed by atoms with Gasteiger partial charge in [-0.25, -0.2) is 0 Å². The predicted octanol–water partition coefficient (Wildman–Crippen LogP) is 2.44. The van der Waals surface area contributed by atoms with Gasteiger partial charge in [-0.3, -0.25) is 4.79 Å². The van der Waals surface area contributed by atoms with Gasteiger partial charge in [-0.1, -0.05) is 30.2 Å². The van der Waals surface area contributed by atoms with Crippen LogP contribution in [0.3, 0.4) is 0 Å². The van der Waals surface area contributed by atoms with Crippen molar-refractivity contribution >= 4 is 17.5 Å². The first-order chi connectivity index (χ1) is 8.58. The molecule has 0 heterocycles. The summed E-state index contributed by atoms with van der Waals surface area (Å²) in [5.74, 6) is 0.311. The maximum Gasteiger partial charge on any atom is 0.236 e. The molecule has 4 heteroatoms. The summed E-state index contributed by atoms with van der Waals surface area (Å²) in [4.78, 5) is 11.7. The molecule has 0 aliphatic heterocycles. The molecule has 1 saturated carbocycles. The van der Waals surface area contributed by atoms with Gasteiger partial charge in [0.1, 0.15) is 0 Å². The van der Waals surface area contributed by atoms with Gasteiger partial charge in [0.2, 0.25) is 5.91 Å². The second kappa shape index (κ2) is 5.72. The topological polar surface area (TPSA) is 55.1 Å². The van der Waals surface area contributed by atoms with Crippen LogP contribution in [0.25, 0.3) is 0 Å². The first-order valence-corrected chi connectivity index (χ1v) is 6.77. The van der Waals surface area contributed by atoms with E-state index in [2.05, 4.69) is 5.32 Å². The van der Waals surface area contributed by atoms with Gasteiger partial charge in [0, 0.05) is 17.0 Å². The molecule has 2 rings (SSSR count). The highest BCUT2D eigenvalue weighted by molar-refractivity contribution is 6.30. The molecule has 1 aliphatic carbocycles. The van der Waals surface area contributed by atoms with Gasteiger partial charge in [-0.15, -0.1) is 0 Å². The number of hydrogen-bond acceptors (Lipinski definition) is 2. The van der Waals surface area contributed by atoms with E-state index >= 15 is 0 Å². The SMILES string of the molecule is CC(N)C(=O)N[C@H]1CCC[C@@H]1c1ccc(Cl)cc1. The fourth-order valence-corrected chi connectivity index (χ4v) is 2.68. The van der Waals surface area contributed by atoms with E-state index in [1.807, 2.05) is 24.3 Å². The Morgan fingerprint density at radius 2 is 2.06 bits per heavy atom. The van der Waals surface area contributed by atoms with Gasteiger partial charge < -0.3 is 11.1 Å². The van der Waals surface area contributed by atoms with Crippen molar-refractivity contribution in [1.82, 2.24) is 5.32 Å². The van der Waals surface area contributed by atoms with Gasteiger partial charge >= 0.3 is 0 Å². The first kappa shape index (κ1) is 13.4. The third-order valence-electron chi connectivity index (χ3n) is 3.56. The molecule has 1 aromatic carbocycles.